The minimum atomic E-state index is -2.09. The number of amides is 2. The monoisotopic (exact) mass is 733 g/mol. The van der Waals surface area contributed by atoms with Gasteiger partial charge in [0, 0.05) is 42.8 Å². The summed E-state index contributed by atoms with van der Waals surface area (Å²) in [4.78, 5) is 30.7. The second-order valence-electron chi connectivity index (χ2n) is 11.4. The van der Waals surface area contributed by atoms with Crippen LogP contribution in [0.1, 0.15) is 27.9 Å². The van der Waals surface area contributed by atoms with E-state index in [0.717, 1.165) is 59.8 Å². The number of hydrogen-bond donors (Lipinski definition) is 1. The molecule has 5 rings (SSSR count). The Bertz CT molecular complexity index is 1490. The van der Waals surface area contributed by atoms with Gasteiger partial charge in [0.15, 0.2) is 0 Å². The van der Waals surface area contributed by atoms with Gasteiger partial charge in [-0.05, 0) is 65.9 Å². The largest absolute Gasteiger partial charge is 0.492 e. The van der Waals surface area contributed by atoms with Crippen LogP contribution in [0, 0.1) is 0 Å². The third kappa shape index (κ3) is 9.70. The van der Waals surface area contributed by atoms with Crippen molar-refractivity contribution in [2.75, 3.05) is 46.0 Å². The van der Waals surface area contributed by atoms with E-state index in [1.807, 2.05) is 77.7 Å². The summed E-state index contributed by atoms with van der Waals surface area (Å²) < 4.78 is 10.3. The Kier molecular flexibility index (Phi) is 11.5. The van der Waals surface area contributed by atoms with Gasteiger partial charge in [-0.15, -0.1) is 0 Å². The maximum Gasteiger partial charge on any atom is 0.272 e. The number of carbonyl (C=O) groups is 2. The maximum atomic E-state index is 13.8. The summed E-state index contributed by atoms with van der Waals surface area (Å²) in [6, 6.07) is 25.0. The van der Waals surface area contributed by atoms with E-state index in [4.69, 9.17) is 44.3 Å². The molecule has 2 amide bonds. The van der Waals surface area contributed by atoms with Crippen molar-refractivity contribution in [3.8, 4) is 5.75 Å². The SMILES string of the molecule is O=C(c1ccc(Br)cc1)N(CC1=CC(Cc2ccccc2)(NC(=O)C(Cl)(Cl)Cl)C1)Cc1cccc(OCCN2CCOCC2)c1. The molecule has 0 bridgehead atoms. The van der Waals surface area contributed by atoms with Crippen LogP contribution in [0.3, 0.4) is 0 Å². The van der Waals surface area contributed by atoms with Crippen LogP contribution in [0.25, 0.3) is 0 Å². The highest BCUT2D eigenvalue weighted by molar-refractivity contribution is 9.10. The fraction of sp³-hybridized carbons (Fsp3) is 0.353. The Labute approximate surface area is 287 Å². The second-order valence-corrected chi connectivity index (χ2v) is 14.6. The Morgan fingerprint density at radius 2 is 1.64 bits per heavy atom. The highest BCUT2D eigenvalue weighted by atomic mass is 79.9. The first-order valence-corrected chi connectivity index (χ1v) is 16.7. The molecule has 1 N–H and O–H groups in total. The molecule has 3 aromatic rings. The molecule has 3 aromatic carbocycles. The molecule has 11 heteroatoms. The fourth-order valence-corrected chi connectivity index (χ4v) is 6.06. The molecule has 2 aliphatic rings. The van der Waals surface area contributed by atoms with Crippen LogP contribution in [0.15, 0.2) is 95.0 Å². The zero-order chi connectivity index (χ0) is 31.9. The van der Waals surface area contributed by atoms with Gasteiger partial charge >= 0.3 is 0 Å². The Hall–Kier alpha value is -2.59. The van der Waals surface area contributed by atoms with Crippen LogP contribution in [-0.2, 0) is 22.5 Å². The van der Waals surface area contributed by atoms with Gasteiger partial charge in [-0.25, -0.2) is 0 Å². The molecule has 1 atom stereocenters. The van der Waals surface area contributed by atoms with Crippen LogP contribution in [-0.4, -0.2) is 76.9 Å². The van der Waals surface area contributed by atoms with E-state index < -0.39 is 15.2 Å². The number of alkyl halides is 3. The highest BCUT2D eigenvalue weighted by Crippen LogP contribution is 2.37. The predicted molar refractivity (Wildman–Crippen MR) is 182 cm³/mol. The third-order valence-electron chi connectivity index (χ3n) is 7.83. The third-order valence-corrected chi connectivity index (χ3v) is 8.87. The average molecular weight is 736 g/mol. The summed E-state index contributed by atoms with van der Waals surface area (Å²) in [5.41, 5.74) is 2.82. The lowest BCUT2D eigenvalue weighted by molar-refractivity contribution is -0.121. The average Bonchev–Trinajstić information content (AvgIpc) is 3.00. The van der Waals surface area contributed by atoms with Crippen molar-refractivity contribution in [1.82, 2.24) is 15.1 Å². The minimum Gasteiger partial charge on any atom is -0.492 e. The Balaban J connectivity index is 1.33. The second kappa shape index (κ2) is 15.3. The van der Waals surface area contributed by atoms with Gasteiger partial charge in [0.2, 0.25) is 0 Å². The predicted octanol–water partition coefficient (Wildman–Crippen LogP) is 6.60. The molecular formula is C34H35BrCl3N3O4. The van der Waals surface area contributed by atoms with Gasteiger partial charge in [0.05, 0.1) is 18.8 Å². The topological polar surface area (TPSA) is 71.1 Å². The van der Waals surface area contributed by atoms with Crippen LogP contribution >= 0.6 is 50.7 Å². The van der Waals surface area contributed by atoms with Crippen molar-refractivity contribution in [3.63, 3.8) is 0 Å². The lowest BCUT2D eigenvalue weighted by Crippen LogP contribution is -2.57. The summed E-state index contributed by atoms with van der Waals surface area (Å²) in [6.07, 6.45) is 3.01. The van der Waals surface area contributed by atoms with Crippen molar-refractivity contribution in [2.45, 2.75) is 28.7 Å². The number of nitrogens with one attached hydrogen (secondary N) is 1. The highest BCUT2D eigenvalue weighted by Gasteiger charge is 2.43. The maximum absolute atomic E-state index is 13.8. The van der Waals surface area contributed by atoms with E-state index in [9.17, 15) is 9.59 Å². The number of carbonyl (C=O) groups excluding carboxylic acids is 2. The van der Waals surface area contributed by atoms with E-state index >= 15 is 0 Å². The van der Waals surface area contributed by atoms with Gasteiger partial charge in [-0.3, -0.25) is 14.5 Å². The molecule has 45 heavy (non-hydrogen) atoms. The number of morpholine rings is 1. The number of halogens is 4. The molecular weight excluding hydrogens is 701 g/mol. The molecule has 0 spiro atoms. The zero-order valence-corrected chi connectivity index (χ0v) is 28.5. The molecule has 0 aromatic heterocycles. The molecule has 1 unspecified atom stereocenters. The number of nitrogens with zero attached hydrogens (tertiary/aromatic N) is 2. The molecule has 7 nitrogen and oxygen atoms in total. The van der Waals surface area contributed by atoms with Gasteiger partial charge in [0.1, 0.15) is 12.4 Å². The fourth-order valence-electron chi connectivity index (χ4n) is 5.65. The van der Waals surface area contributed by atoms with Crippen molar-refractivity contribution < 1.29 is 19.1 Å². The van der Waals surface area contributed by atoms with Crippen molar-refractivity contribution in [3.05, 3.63) is 112 Å². The first-order valence-electron chi connectivity index (χ1n) is 14.8. The Morgan fingerprint density at radius 3 is 2.33 bits per heavy atom. The van der Waals surface area contributed by atoms with Crippen LogP contribution < -0.4 is 10.1 Å². The standard InChI is InChI=1S/C34H35BrCl3N3O4/c35-29-11-9-28(10-12-29)31(42)41(23-26-7-4-8-30(19-26)45-18-15-40-13-16-44-17-14-40)24-27-21-33(22-27,39-32(43)34(36,37)38)20-25-5-2-1-3-6-25/h1-12,19,21H,13-18,20,22-24H2,(H,39,43). The molecule has 1 fully saturated rings. The van der Waals surface area contributed by atoms with Crippen molar-refractivity contribution in [1.29, 1.82) is 0 Å². The van der Waals surface area contributed by atoms with E-state index in [2.05, 4.69) is 26.1 Å². The minimum absolute atomic E-state index is 0.104. The van der Waals surface area contributed by atoms with Crippen LogP contribution in [0.5, 0.6) is 5.75 Å². The lowest BCUT2D eigenvalue weighted by Gasteiger charge is -2.43. The Morgan fingerprint density at radius 1 is 0.956 bits per heavy atom. The first-order chi connectivity index (χ1) is 21.6. The van der Waals surface area contributed by atoms with E-state index in [1.165, 1.54) is 0 Å². The molecule has 0 radical (unpaired) electrons. The summed E-state index contributed by atoms with van der Waals surface area (Å²) in [6.45, 7) is 5.47. The molecule has 1 aliphatic heterocycles. The summed E-state index contributed by atoms with van der Waals surface area (Å²) in [5, 5.41) is 2.94. The zero-order valence-electron chi connectivity index (χ0n) is 24.7. The van der Waals surface area contributed by atoms with Crippen LogP contribution in [0.2, 0.25) is 0 Å². The normalized spacial score (nSPS) is 18.4. The van der Waals surface area contributed by atoms with Gasteiger partial charge in [-0.1, -0.05) is 99.3 Å². The molecule has 0 saturated carbocycles. The van der Waals surface area contributed by atoms with E-state index in [-0.39, 0.29) is 5.91 Å². The van der Waals surface area contributed by atoms with Gasteiger partial charge in [-0.2, -0.15) is 0 Å². The summed E-state index contributed by atoms with van der Waals surface area (Å²) in [7, 11) is 0. The number of hydrogen-bond acceptors (Lipinski definition) is 5. The smallest absolute Gasteiger partial charge is 0.272 e. The van der Waals surface area contributed by atoms with E-state index in [1.54, 1.807) is 12.1 Å². The molecule has 238 valence electrons. The number of rotatable bonds is 12. The van der Waals surface area contributed by atoms with Crippen molar-refractivity contribution >= 4 is 62.5 Å². The van der Waals surface area contributed by atoms with Gasteiger partial charge < -0.3 is 19.7 Å². The van der Waals surface area contributed by atoms with Crippen LogP contribution in [0.4, 0.5) is 0 Å². The van der Waals surface area contributed by atoms with E-state index in [0.29, 0.717) is 38.1 Å². The molecule has 1 heterocycles. The molecule has 1 saturated heterocycles. The number of benzene rings is 3. The quantitative estimate of drug-likeness (QED) is 0.168. The summed E-state index contributed by atoms with van der Waals surface area (Å²) >= 11 is 21.2. The first kappa shape index (κ1) is 33.8. The van der Waals surface area contributed by atoms with Gasteiger partial charge in [0.25, 0.3) is 15.6 Å². The lowest BCUT2D eigenvalue weighted by atomic mass is 9.74. The summed E-state index contributed by atoms with van der Waals surface area (Å²) in [5.74, 6) is -0.0316. The molecule has 1 aliphatic carbocycles. The number of ether oxygens (including phenoxy) is 2. The van der Waals surface area contributed by atoms with Crippen molar-refractivity contribution in [2.24, 2.45) is 0 Å².